The Hall–Kier alpha value is -3.72. The van der Waals surface area contributed by atoms with E-state index in [0.717, 1.165) is 21.8 Å². The van der Waals surface area contributed by atoms with Crippen molar-refractivity contribution in [3.05, 3.63) is 59.9 Å². The number of nitrogens with zero attached hydrogens (tertiary/aromatic N) is 3. The highest BCUT2D eigenvalue weighted by Crippen LogP contribution is 2.40. The molecule has 2 aromatic heterocycles. The second-order valence-corrected chi connectivity index (χ2v) is 8.61. The summed E-state index contributed by atoms with van der Waals surface area (Å²) in [6, 6.07) is 11.7. The summed E-state index contributed by atoms with van der Waals surface area (Å²) in [5, 5.41) is 8.29. The van der Waals surface area contributed by atoms with Crippen LogP contribution in [0.5, 0.6) is 17.2 Å². The lowest BCUT2D eigenvalue weighted by Crippen LogP contribution is -2.14. The monoisotopic (exact) mass is 478 g/mol. The fraction of sp³-hybridized carbons (Fsp3) is 0.240. The number of carbonyl (C=O) groups excluding carboxylic acids is 1. The van der Waals surface area contributed by atoms with Crippen molar-refractivity contribution in [1.82, 2.24) is 14.6 Å². The van der Waals surface area contributed by atoms with E-state index in [1.165, 1.54) is 44.2 Å². The van der Waals surface area contributed by atoms with E-state index in [9.17, 15) is 4.79 Å². The Bertz CT molecular complexity index is 1330. The number of ether oxygens (including phenoxy) is 3. The van der Waals surface area contributed by atoms with E-state index >= 15 is 0 Å². The van der Waals surface area contributed by atoms with Gasteiger partial charge in [-0.2, -0.15) is 5.10 Å². The third-order valence-corrected chi connectivity index (χ3v) is 6.44. The molecular formula is C25H26N4O4S. The molecule has 0 aliphatic rings. The molecule has 0 saturated carbocycles. The van der Waals surface area contributed by atoms with Gasteiger partial charge in [0.05, 0.1) is 38.3 Å². The molecule has 176 valence electrons. The second kappa shape index (κ2) is 10.0. The normalized spacial score (nSPS) is 10.9. The molecule has 4 rings (SSSR count). The van der Waals surface area contributed by atoms with Crippen molar-refractivity contribution < 1.29 is 19.0 Å². The van der Waals surface area contributed by atoms with Crippen molar-refractivity contribution in [1.29, 1.82) is 0 Å². The fourth-order valence-corrected chi connectivity index (χ4v) is 4.31. The summed E-state index contributed by atoms with van der Waals surface area (Å²) in [5.74, 6) is 1.39. The molecule has 1 N–H and O–H groups in total. The summed E-state index contributed by atoms with van der Waals surface area (Å²) in [4.78, 5) is 17.1. The summed E-state index contributed by atoms with van der Waals surface area (Å²) in [6.07, 6.45) is 3.49. The van der Waals surface area contributed by atoms with E-state index in [0.29, 0.717) is 22.9 Å². The van der Waals surface area contributed by atoms with Crippen LogP contribution in [0.25, 0.3) is 16.8 Å². The van der Waals surface area contributed by atoms with E-state index in [1.807, 2.05) is 6.07 Å². The highest BCUT2D eigenvalue weighted by Gasteiger charge is 2.16. The average Bonchev–Trinajstić information content (AvgIpc) is 3.28. The Morgan fingerprint density at radius 1 is 1.00 bits per heavy atom. The molecule has 0 spiro atoms. The van der Waals surface area contributed by atoms with Gasteiger partial charge in [-0.15, -0.1) is 0 Å². The predicted octanol–water partition coefficient (Wildman–Crippen LogP) is 4.77. The predicted molar refractivity (Wildman–Crippen MR) is 133 cm³/mol. The average molecular weight is 479 g/mol. The van der Waals surface area contributed by atoms with Crippen LogP contribution in [0.15, 0.2) is 53.8 Å². The molecule has 2 aromatic carbocycles. The van der Waals surface area contributed by atoms with Gasteiger partial charge < -0.3 is 19.5 Å². The maximum absolute atomic E-state index is 12.7. The zero-order valence-electron chi connectivity index (χ0n) is 19.7. The molecule has 4 aromatic rings. The van der Waals surface area contributed by atoms with Gasteiger partial charge in [-0.25, -0.2) is 9.50 Å². The molecule has 0 fully saturated rings. The summed E-state index contributed by atoms with van der Waals surface area (Å²) < 4.78 is 17.8. The molecule has 0 atom stereocenters. The molecule has 0 bridgehead atoms. The van der Waals surface area contributed by atoms with Crippen molar-refractivity contribution in [3.8, 4) is 28.5 Å². The number of hydrogen-bond acceptors (Lipinski definition) is 7. The smallest absolute Gasteiger partial charge is 0.234 e. The number of fused-ring (bicyclic) bond motifs is 1. The van der Waals surface area contributed by atoms with Crippen LogP contribution in [-0.4, -0.2) is 47.6 Å². The molecular weight excluding hydrogens is 452 g/mol. The Balaban J connectivity index is 1.51. The van der Waals surface area contributed by atoms with Crippen LogP contribution in [0.1, 0.15) is 11.1 Å². The highest BCUT2D eigenvalue weighted by atomic mass is 32.2. The highest BCUT2D eigenvalue weighted by molar-refractivity contribution is 8.00. The Morgan fingerprint density at radius 3 is 2.38 bits per heavy atom. The number of hydrogen-bond donors (Lipinski definition) is 1. The van der Waals surface area contributed by atoms with Crippen molar-refractivity contribution >= 4 is 28.9 Å². The molecule has 34 heavy (non-hydrogen) atoms. The zero-order chi connectivity index (χ0) is 24.2. The van der Waals surface area contributed by atoms with Crippen molar-refractivity contribution in [3.63, 3.8) is 0 Å². The zero-order valence-corrected chi connectivity index (χ0v) is 20.5. The maximum Gasteiger partial charge on any atom is 0.234 e. The van der Waals surface area contributed by atoms with E-state index in [-0.39, 0.29) is 11.7 Å². The molecule has 8 nitrogen and oxygen atoms in total. The van der Waals surface area contributed by atoms with Crippen molar-refractivity contribution in [2.75, 3.05) is 32.4 Å². The second-order valence-electron chi connectivity index (χ2n) is 7.64. The number of nitrogens with one attached hydrogen (secondary N) is 1. The van der Waals surface area contributed by atoms with Crippen LogP contribution in [0.3, 0.4) is 0 Å². The summed E-state index contributed by atoms with van der Waals surface area (Å²) in [7, 11) is 4.59. The number of amides is 1. The standard InChI is InChI=1S/C25H26N4O4S/c1-15-6-7-17(10-16(15)2)19-13-20-25(26-8-9-29(20)28-19)34-14-23(30)27-18-11-21(31-3)24(33-5)22(12-18)32-4/h6-13H,14H2,1-5H3,(H,27,30). The molecule has 0 saturated heterocycles. The van der Waals surface area contributed by atoms with E-state index in [4.69, 9.17) is 14.2 Å². The lowest BCUT2D eigenvalue weighted by Gasteiger charge is -2.14. The molecule has 0 radical (unpaired) electrons. The molecule has 0 aliphatic carbocycles. The number of benzene rings is 2. The maximum atomic E-state index is 12.7. The van der Waals surface area contributed by atoms with Gasteiger partial charge in [-0.05, 0) is 37.1 Å². The number of thioether (sulfide) groups is 1. The van der Waals surface area contributed by atoms with Gasteiger partial charge in [0.2, 0.25) is 11.7 Å². The summed E-state index contributed by atoms with van der Waals surface area (Å²) in [6.45, 7) is 4.18. The number of methoxy groups -OCH3 is 3. The van der Waals surface area contributed by atoms with Gasteiger partial charge >= 0.3 is 0 Å². The first-order valence-corrected chi connectivity index (χ1v) is 11.6. The number of aromatic nitrogens is 3. The number of aryl methyl sites for hydroxylation is 2. The minimum absolute atomic E-state index is 0.174. The van der Waals surface area contributed by atoms with Crippen LogP contribution in [0.4, 0.5) is 5.69 Å². The van der Waals surface area contributed by atoms with Gasteiger partial charge in [-0.3, -0.25) is 4.79 Å². The Kier molecular flexibility index (Phi) is 6.93. The molecule has 2 heterocycles. The first kappa shape index (κ1) is 23.4. The summed E-state index contributed by atoms with van der Waals surface area (Å²) >= 11 is 1.35. The van der Waals surface area contributed by atoms with Crippen LogP contribution in [0, 0.1) is 13.8 Å². The van der Waals surface area contributed by atoms with E-state index in [1.54, 1.807) is 29.0 Å². The minimum atomic E-state index is -0.183. The van der Waals surface area contributed by atoms with Gasteiger partial charge in [0, 0.05) is 35.8 Å². The largest absolute Gasteiger partial charge is 0.493 e. The van der Waals surface area contributed by atoms with Crippen LogP contribution in [0.2, 0.25) is 0 Å². The first-order chi connectivity index (χ1) is 16.4. The van der Waals surface area contributed by atoms with Gasteiger partial charge in [-0.1, -0.05) is 23.9 Å². The molecule has 1 amide bonds. The minimum Gasteiger partial charge on any atom is -0.493 e. The van der Waals surface area contributed by atoms with Crippen molar-refractivity contribution in [2.45, 2.75) is 18.9 Å². The fourth-order valence-electron chi connectivity index (χ4n) is 3.54. The topological polar surface area (TPSA) is 87.0 Å². The van der Waals surface area contributed by atoms with Gasteiger partial charge in [0.1, 0.15) is 5.03 Å². The third-order valence-electron chi connectivity index (χ3n) is 5.45. The van der Waals surface area contributed by atoms with E-state index < -0.39 is 0 Å². The first-order valence-electron chi connectivity index (χ1n) is 10.6. The lowest BCUT2D eigenvalue weighted by molar-refractivity contribution is -0.113. The van der Waals surface area contributed by atoms with Crippen LogP contribution < -0.4 is 19.5 Å². The summed E-state index contributed by atoms with van der Waals surface area (Å²) in [5.41, 5.74) is 5.76. The van der Waals surface area contributed by atoms with Gasteiger partial charge in [0.15, 0.2) is 11.5 Å². The quantitative estimate of drug-likeness (QED) is 0.365. The number of carbonyl (C=O) groups is 1. The molecule has 0 unspecified atom stereocenters. The van der Waals surface area contributed by atoms with Crippen LogP contribution in [-0.2, 0) is 4.79 Å². The molecule has 0 aliphatic heterocycles. The van der Waals surface area contributed by atoms with Crippen LogP contribution >= 0.6 is 11.8 Å². The molecule has 9 heteroatoms. The van der Waals surface area contributed by atoms with Gasteiger partial charge in [0.25, 0.3) is 0 Å². The SMILES string of the molecule is COc1cc(NC(=O)CSc2nccn3nc(-c4ccc(C)c(C)c4)cc23)cc(OC)c1OC. The lowest BCUT2D eigenvalue weighted by atomic mass is 10.0. The third kappa shape index (κ3) is 4.79. The Labute approximate surface area is 202 Å². The number of anilines is 1. The number of rotatable bonds is 8. The Morgan fingerprint density at radius 2 is 1.74 bits per heavy atom. The van der Waals surface area contributed by atoms with E-state index in [2.05, 4.69) is 47.4 Å². The van der Waals surface area contributed by atoms with Crippen molar-refractivity contribution in [2.24, 2.45) is 0 Å².